The maximum atomic E-state index is 12.5. The highest BCUT2D eigenvalue weighted by atomic mass is 35.5. The Kier molecular flexibility index (Phi) is 7.36. The largest absolute Gasteiger partial charge is 0.493 e. The normalized spacial score (nSPS) is 12.1. The summed E-state index contributed by atoms with van der Waals surface area (Å²) in [5.74, 6) is 1.11. The molecule has 0 aliphatic rings. The molecule has 1 aromatic carbocycles. The van der Waals surface area contributed by atoms with Gasteiger partial charge in [-0.25, -0.2) is 0 Å². The van der Waals surface area contributed by atoms with Crippen LogP contribution in [-0.4, -0.2) is 37.4 Å². The summed E-state index contributed by atoms with van der Waals surface area (Å²) in [6.45, 7) is 4.00. The molecule has 0 unspecified atom stereocenters. The number of ether oxygens (including phenoxy) is 2. The molecular formula is C19H24ClNO5. The molecule has 2 N–H and O–H groups in total. The van der Waals surface area contributed by atoms with Gasteiger partial charge in [0.25, 0.3) is 5.91 Å². The second-order valence-corrected chi connectivity index (χ2v) is 6.61. The van der Waals surface area contributed by atoms with E-state index >= 15 is 0 Å². The minimum atomic E-state index is -0.306. The van der Waals surface area contributed by atoms with Crippen LogP contribution in [0.15, 0.2) is 34.9 Å². The Hall–Kier alpha value is -2.18. The average Bonchev–Trinajstić information content (AvgIpc) is 3.12. The van der Waals surface area contributed by atoms with Gasteiger partial charge in [0.1, 0.15) is 5.76 Å². The third kappa shape index (κ3) is 5.41. The summed E-state index contributed by atoms with van der Waals surface area (Å²) in [7, 11) is 1.49. The summed E-state index contributed by atoms with van der Waals surface area (Å²) < 4.78 is 16.2. The van der Waals surface area contributed by atoms with E-state index in [2.05, 4.69) is 5.32 Å². The van der Waals surface area contributed by atoms with Crippen LogP contribution in [0.3, 0.4) is 0 Å². The Labute approximate surface area is 158 Å². The van der Waals surface area contributed by atoms with Crippen LogP contribution in [0.4, 0.5) is 0 Å². The summed E-state index contributed by atoms with van der Waals surface area (Å²) in [4.78, 5) is 12.5. The number of methoxy groups -OCH3 is 1. The van der Waals surface area contributed by atoms with Gasteiger partial charge in [0.05, 0.1) is 24.5 Å². The molecule has 1 heterocycles. The van der Waals surface area contributed by atoms with Gasteiger partial charge < -0.3 is 24.3 Å². The van der Waals surface area contributed by atoms with Crippen molar-refractivity contribution in [3.63, 3.8) is 0 Å². The summed E-state index contributed by atoms with van der Waals surface area (Å²) in [6, 6.07) is 6.75. The van der Waals surface area contributed by atoms with Crippen molar-refractivity contribution in [2.45, 2.75) is 26.4 Å². The number of amides is 1. The predicted molar refractivity (Wildman–Crippen MR) is 99.1 cm³/mol. The Bertz CT molecular complexity index is 715. The van der Waals surface area contributed by atoms with Crippen molar-refractivity contribution >= 4 is 17.5 Å². The first kappa shape index (κ1) is 20.1. The van der Waals surface area contributed by atoms with E-state index in [0.717, 1.165) is 5.76 Å². The molecular weight excluding hydrogens is 358 g/mol. The molecule has 0 radical (unpaired) electrons. The van der Waals surface area contributed by atoms with E-state index in [1.165, 1.54) is 13.2 Å². The number of hydrogen-bond acceptors (Lipinski definition) is 5. The van der Waals surface area contributed by atoms with Crippen molar-refractivity contribution < 1.29 is 23.8 Å². The van der Waals surface area contributed by atoms with E-state index < -0.39 is 0 Å². The van der Waals surface area contributed by atoms with Crippen LogP contribution in [-0.2, 0) is 6.42 Å². The molecule has 26 heavy (non-hydrogen) atoms. The fourth-order valence-electron chi connectivity index (χ4n) is 2.45. The molecule has 0 aliphatic heterocycles. The molecule has 0 spiro atoms. The summed E-state index contributed by atoms with van der Waals surface area (Å²) in [6.07, 6.45) is 2.04. The summed E-state index contributed by atoms with van der Waals surface area (Å²) in [5.41, 5.74) is 0.359. The standard InChI is InChI=1S/C19H24ClNO5/c1-12(2)26-18-16(20)8-14(9-17(18)24-3)19(23)21-10-13(11-22)7-15-5-4-6-25-15/h4-6,8-9,12-13,22H,7,10-11H2,1-3H3,(H,21,23)/t13-/m0/s1. The van der Waals surface area contributed by atoms with Crippen LogP contribution < -0.4 is 14.8 Å². The molecule has 7 heteroatoms. The third-order valence-corrected chi connectivity index (χ3v) is 4.01. The van der Waals surface area contributed by atoms with Crippen molar-refractivity contribution in [1.82, 2.24) is 5.32 Å². The van der Waals surface area contributed by atoms with Crippen LogP contribution in [0.5, 0.6) is 11.5 Å². The first-order valence-electron chi connectivity index (χ1n) is 8.40. The van der Waals surface area contributed by atoms with Crippen LogP contribution >= 0.6 is 11.6 Å². The topological polar surface area (TPSA) is 80.9 Å². The number of carbonyl (C=O) groups is 1. The molecule has 1 atom stereocenters. The van der Waals surface area contributed by atoms with Gasteiger partial charge in [-0.2, -0.15) is 0 Å². The number of carbonyl (C=O) groups excluding carboxylic acids is 1. The van der Waals surface area contributed by atoms with E-state index in [0.29, 0.717) is 35.1 Å². The number of halogens is 1. The first-order chi connectivity index (χ1) is 12.4. The molecule has 0 fully saturated rings. The fraction of sp³-hybridized carbons (Fsp3) is 0.421. The molecule has 2 aromatic rings. The summed E-state index contributed by atoms with van der Waals surface area (Å²) in [5, 5.41) is 12.6. The van der Waals surface area contributed by atoms with Crippen LogP contribution in [0.1, 0.15) is 30.0 Å². The van der Waals surface area contributed by atoms with Crippen molar-refractivity contribution in [1.29, 1.82) is 0 Å². The number of aliphatic hydroxyl groups excluding tert-OH is 1. The zero-order valence-electron chi connectivity index (χ0n) is 15.1. The highest BCUT2D eigenvalue weighted by Gasteiger charge is 2.18. The third-order valence-electron chi connectivity index (χ3n) is 3.72. The number of aliphatic hydroxyl groups is 1. The molecule has 0 saturated carbocycles. The van der Waals surface area contributed by atoms with E-state index in [4.69, 9.17) is 25.5 Å². The molecule has 0 aliphatic carbocycles. The van der Waals surface area contributed by atoms with Crippen LogP contribution in [0.25, 0.3) is 0 Å². The number of hydrogen-bond donors (Lipinski definition) is 2. The zero-order valence-corrected chi connectivity index (χ0v) is 15.9. The van der Waals surface area contributed by atoms with Gasteiger partial charge in [-0.1, -0.05) is 11.6 Å². The van der Waals surface area contributed by atoms with Gasteiger partial charge in [-0.3, -0.25) is 4.79 Å². The first-order valence-corrected chi connectivity index (χ1v) is 8.78. The van der Waals surface area contributed by atoms with Crippen molar-refractivity contribution in [3.05, 3.63) is 46.9 Å². The van der Waals surface area contributed by atoms with E-state index in [1.54, 1.807) is 18.4 Å². The SMILES string of the molecule is COc1cc(C(=O)NC[C@@H](CO)Cc2ccco2)cc(Cl)c1OC(C)C. The second-order valence-electron chi connectivity index (χ2n) is 6.20. The molecule has 142 valence electrons. The Morgan fingerprint density at radius 1 is 1.38 bits per heavy atom. The van der Waals surface area contributed by atoms with Gasteiger partial charge in [0, 0.05) is 31.1 Å². The van der Waals surface area contributed by atoms with Gasteiger partial charge in [0.2, 0.25) is 0 Å². The molecule has 1 amide bonds. The van der Waals surface area contributed by atoms with Gasteiger partial charge in [0.15, 0.2) is 11.5 Å². The zero-order chi connectivity index (χ0) is 19.1. The predicted octanol–water partition coefficient (Wildman–Crippen LogP) is 3.31. The maximum absolute atomic E-state index is 12.5. The highest BCUT2D eigenvalue weighted by molar-refractivity contribution is 6.32. The lowest BCUT2D eigenvalue weighted by atomic mass is 10.0. The number of nitrogens with one attached hydrogen (secondary N) is 1. The highest BCUT2D eigenvalue weighted by Crippen LogP contribution is 2.37. The van der Waals surface area contributed by atoms with E-state index in [1.807, 2.05) is 19.9 Å². The Morgan fingerprint density at radius 3 is 2.73 bits per heavy atom. The number of benzene rings is 1. The summed E-state index contributed by atoms with van der Waals surface area (Å²) >= 11 is 6.25. The molecule has 0 saturated heterocycles. The van der Waals surface area contributed by atoms with Gasteiger partial charge in [-0.05, 0) is 38.1 Å². The fourth-order valence-corrected chi connectivity index (χ4v) is 2.71. The minimum absolute atomic E-state index is 0.0633. The number of rotatable bonds is 9. The average molecular weight is 382 g/mol. The van der Waals surface area contributed by atoms with Crippen molar-refractivity contribution in [3.8, 4) is 11.5 Å². The Balaban J connectivity index is 2.05. The molecule has 2 rings (SSSR count). The van der Waals surface area contributed by atoms with Crippen LogP contribution in [0, 0.1) is 5.92 Å². The quantitative estimate of drug-likeness (QED) is 0.696. The monoisotopic (exact) mass is 381 g/mol. The van der Waals surface area contributed by atoms with Crippen molar-refractivity contribution in [2.24, 2.45) is 5.92 Å². The van der Waals surface area contributed by atoms with Gasteiger partial charge in [-0.15, -0.1) is 0 Å². The lowest BCUT2D eigenvalue weighted by Gasteiger charge is -2.17. The maximum Gasteiger partial charge on any atom is 0.251 e. The minimum Gasteiger partial charge on any atom is -0.493 e. The van der Waals surface area contributed by atoms with Crippen molar-refractivity contribution in [2.75, 3.05) is 20.3 Å². The smallest absolute Gasteiger partial charge is 0.251 e. The second kappa shape index (κ2) is 9.50. The Morgan fingerprint density at radius 2 is 2.15 bits per heavy atom. The lowest BCUT2D eigenvalue weighted by Crippen LogP contribution is -2.31. The van der Waals surface area contributed by atoms with E-state index in [-0.39, 0.29) is 24.5 Å². The van der Waals surface area contributed by atoms with E-state index in [9.17, 15) is 9.90 Å². The lowest BCUT2D eigenvalue weighted by molar-refractivity contribution is 0.0938. The molecule has 0 bridgehead atoms. The number of furan rings is 1. The molecule has 6 nitrogen and oxygen atoms in total. The van der Waals surface area contributed by atoms with Crippen LogP contribution in [0.2, 0.25) is 5.02 Å². The molecule has 1 aromatic heterocycles. The van der Waals surface area contributed by atoms with Gasteiger partial charge >= 0.3 is 0 Å².